The van der Waals surface area contributed by atoms with Crippen molar-refractivity contribution in [1.82, 2.24) is 5.32 Å². The Labute approximate surface area is 106 Å². The van der Waals surface area contributed by atoms with Crippen LogP contribution in [0.2, 0.25) is 0 Å². The largest absolute Gasteiger partial charge is 0.309 e. The number of rotatable bonds is 5. The SMILES string of the molecule is CCNC(c1ccc(F)c(F)c1)C(C)S(C)(=O)=O. The molecule has 0 fully saturated rings. The van der Waals surface area contributed by atoms with Crippen molar-refractivity contribution in [3.8, 4) is 0 Å². The summed E-state index contributed by atoms with van der Waals surface area (Å²) in [6.07, 6.45) is 1.13. The summed E-state index contributed by atoms with van der Waals surface area (Å²) in [7, 11) is -3.27. The molecule has 0 aliphatic rings. The van der Waals surface area contributed by atoms with Crippen molar-refractivity contribution in [2.24, 2.45) is 0 Å². The van der Waals surface area contributed by atoms with E-state index in [1.54, 1.807) is 6.92 Å². The van der Waals surface area contributed by atoms with E-state index in [1.165, 1.54) is 6.07 Å². The van der Waals surface area contributed by atoms with Crippen molar-refractivity contribution >= 4 is 9.84 Å². The van der Waals surface area contributed by atoms with Crippen molar-refractivity contribution in [2.75, 3.05) is 12.8 Å². The Morgan fingerprint density at radius 1 is 1.28 bits per heavy atom. The van der Waals surface area contributed by atoms with Crippen LogP contribution in [0.25, 0.3) is 0 Å². The first-order valence-corrected chi connectivity index (χ1v) is 7.60. The van der Waals surface area contributed by atoms with Crippen LogP contribution in [0, 0.1) is 11.6 Å². The Balaban J connectivity index is 3.15. The number of benzene rings is 1. The molecule has 0 aliphatic carbocycles. The normalized spacial score (nSPS) is 15.4. The number of nitrogens with one attached hydrogen (secondary N) is 1. The number of hydrogen-bond donors (Lipinski definition) is 1. The molecule has 0 aliphatic heterocycles. The molecule has 0 saturated heterocycles. The molecule has 0 radical (unpaired) electrons. The Morgan fingerprint density at radius 3 is 2.33 bits per heavy atom. The van der Waals surface area contributed by atoms with Crippen molar-refractivity contribution in [1.29, 1.82) is 0 Å². The third-order valence-electron chi connectivity index (χ3n) is 2.87. The zero-order valence-corrected chi connectivity index (χ0v) is 11.4. The third-order valence-corrected chi connectivity index (χ3v) is 4.49. The topological polar surface area (TPSA) is 46.2 Å². The molecule has 1 rings (SSSR count). The first-order chi connectivity index (χ1) is 8.27. The van der Waals surface area contributed by atoms with Gasteiger partial charge in [0.25, 0.3) is 0 Å². The molecule has 0 spiro atoms. The van der Waals surface area contributed by atoms with Gasteiger partial charge in [-0.2, -0.15) is 0 Å². The van der Waals surface area contributed by atoms with Gasteiger partial charge in [0.2, 0.25) is 0 Å². The molecule has 2 atom stereocenters. The van der Waals surface area contributed by atoms with E-state index in [2.05, 4.69) is 5.32 Å². The van der Waals surface area contributed by atoms with Gasteiger partial charge in [-0.05, 0) is 31.2 Å². The van der Waals surface area contributed by atoms with Gasteiger partial charge in [-0.25, -0.2) is 17.2 Å². The van der Waals surface area contributed by atoms with Gasteiger partial charge in [0.05, 0.1) is 5.25 Å². The maximum absolute atomic E-state index is 13.2. The molecule has 0 amide bonds. The lowest BCUT2D eigenvalue weighted by Gasteiger charge is -2.24. The molecule has 1 aromatic rings. The van der Waals surface area contributed by atoms with Gasteiger partial charge in [-0.15, -0.1) is 0 Å². The smallest absolute Gasteiger partial charge is 0.159 e. The fourth-order valence-corrected chi connectivity index (χ4v) is 2.48. The van der Waals surface area contributed by atoms with Crippen LogP contribution in [-0.4, -0.2) is 26.5 Å². The van der Waals surface area contributed by atoms with Gasteiger partial charge >= 0.3 is 0 Å². The summed E-state index contributed by atoms with van der Waals surface area (Å²) in [4.78, 5) is 0. The predicted octanol–water partition coefficient (Wildman–Crippen LogP) is 2.05. The predicted molar refractivity (Wildman–Crippen MR) is 67.1 cm³/mol. The van der Waals surface area contributed by atoms with E-state index < -0.39 is 32.8 Å². The maximum atomic E-state index is 13.2. The second-order valence-electron chi connectivity index (χ2n) is 4.24. The lowest BCUT2D eigenvalue weighted by molar-refractivity contribution is 0.489. The van der Waals surface area contributed by atoms with E-state index in [9.17, 15) is 17.2 Å². The van der Waals surface area contributed by atoms with Crippen molar-refractivity contribution in [3.05, 3.63) is 35.4 Å². The molecule has 1 N–H and O–H groups in total. The van der Waals surface area contributed by atoms with Gasteiger partial charge in [0.15, 0.2) is 21.5 Å². The van der Waals surface area contributed by atoms with Gasteiger partial charge in [0.1, 0.15) is 0 Å². The van der Waals surface area contributed by atoms with Crippen LogP contribution in [0.15, 0.2) is 18.2 Å². The highest BCUT2D eigenvalue weighted by Gasteiger charge is 2.27. The quantitative estimate of drug-likeness (QED) is 0.896. The van der Waals surface area contributed by atoms with Crippen LogP contribution in [0.1, 0.15) is 25.5 Å². The lowest BCUT2D eigenvalue weighted by atomic mass is 10.0. The summed E-state index contributed by atoms with van der Waals surface area (Å²) in [5, 5.41) is 2.26. The average molecular weight is 277 g/mol. The highest BCUT2D eigenvalue weighted by atomic mass is 32.2. The Morgan fingerprint density at radius 2 is 1.89 bits per heavy atom. The van der Waals surface area contributed by atoms with Crippen molar-refractivity contribution < 1.29 is 17.2 Å². The minimum absolute atomic E-state index is 0.425. The van der Waals surface area contributed by atoms with Crippen LogP contribution >= 0.6 is 0 Å². The van der Waals surface area contributed by atoms with Crippen LogP contribution < -0.4 is 5.32 Å². The second kappa shape index (κ2) is 5.75. The summed E-state index contributed by atoms with van der Waals surface area (Å²) in [5.41, 5.74) is 0.425. The summed E-state index contributed by atoms with van der Waals surface area (Å²) in [5.74, 6) is -1.92. The number of sulfone groups is 1. The molecule has 6 heteroatoms. The highest BCUT2D eigenvalue weighted by Crippen LogP contribution is 2.23. The minimum Gasteiger partial charge on any atom is -0.309 e. The third kappa shape index (κ3) is 3.49. The van der Waals surface area contributed by atoms with E-state index in [0.717, 1.165) is 18.4 Å². The first-order valence-electron chi connectivity index (χ1n) is 5.64. The Kier molecular flexibility index (Phi) is 4.81. The molecule has 3 nitrogen and oxygen atoms in total. The van der Waals surface area contributed by atoms with Gasteiger partial charge in [-0.1, -0.05) is 13.0 Å². The molecule has 0 saturated carbocycles. The number of hydrogen-bond acceptors (Lipinski definition) is 3. The average Bonchev–Trinajstić information content (AvgIpc) is 2.28. The highest BCUT2D eigenvalue weighted by molar-refractivity contribution is 7.91. The molecule has 1 aromatic carbocycles. The molecule has 0 aromatic heterocycles. The van der Waals surface area contributed by atoms with Crippen LogP contribution in [0.3, 0.4) is 0 Å². The Hall–Kier alpha value is -1.01. The van der Waals surface area contributed by atoms with Gasteiger partial charge in [0, 0.05) is 12.3 Å². The zero-order valence-electron chi connectivity index (χ0n) is 10.6. The van der Waals surface area contributed by atoms with Crippen LogP contribution in [0.5, 0.6) is 0 Å². The van der Waals surface area contributed by atoms with E-state index in [0.29, 0.717) is 12.1 Å². The molecule has 2 unspecified atom stereocenters. The zero-order chi connectivity index (χ0) is 13.9. The number of halogens is 2. The Bertz CT molecular complexity index is 517. The van der Waals surface area contributed by atoms with E-state index >= 15 is 0 Å². The standard InChI is InChI=1S/C12H17F2NO2S/c1-4-15-12(8(2)18(3,16)17)9-5-6-10(13)11(14)7-9/h5-8,12,15H,4H2,1-3H3. The van der Waals surface area contributed by atoms with E-state index in [4.69, 9.17) is 0 Å². The molecule has 0 bridgehead atoms. The monoisotopic (exact) mass is 277 g/mol. The molecule has 0 heterocycles. The summed E-state index contributed by atoms with van der Waals surface area (Å²) < 4.78 is 49.2. The van der Waals surface area contributed by atoms with Crippen molar-refractivity contribution in [2.45, 2.75) is 25.1 Å². The molecule has 18 heavy (non-hydrogen) atoms. The fraction of sp³-hybridized carbons (Fsp3) is 0.500. The second-order valence-corrected chi connectivity index (χ2v) is 6.65. The lowest BCUT2D eigenvalue weighted by Crippen LogP contribution is -2.35. The summed E-state index contributed by atoms with van der Waals surface area (Å²) in [6.45, 7) is 3.90. The molecular weight excluding hydrogens is 260 g/mol. The van der Waals surface area contributed by atoms with E-state index in [1.807, 2.05) is 6.92 Å². The molecular formula is C12H17F2NO2S. The molecule has 102 valence electrons. The first kappa shape index (κ1) is 15.0. The fourth-order valence-electron chi connectivity index (χ4n) is 1.73. The maximum Gasteiger partial charge on any atom is 0.159 e. The summed E-state index contributed by atoms with van der Waals surface area (Å²) in [6, 6.07) is 2.88. The minimum atomic E-state index is -3.27. The van der Waals surface area contributed by atoms with Gasteiger partial charge < -0.3 is 5.32 Å². The van der Waals surface area contributed by atoms with Gasteiger partial charge in [-0.3, -0.25) is 0 Å². The van der Waals surface area contributed by atoms with Crippen molar-refractivity contribution in [3.63, 3.8) is 0 Å². The van der Waals surface area contributed by atoms with Crippen LogP contribution in [-0.2, 0) is 9.84 Å². The van der Waals surface area contributed by atoms with Crippen LogP contribution in [0.4, 0.5) is 8.78 Å². The summed E-state index contributed by atoms with van der Waals surface area (Å²) >= 11 is 0. The van der Waals surface area contributed by atoms with E-state index in [-0.39, 0.29) is 0 Å².